The molecular formula is C16H14N2S. The Kier molecular flexibility index (Phi) is 3.38. The molecule has 0 aliphatic carbocycles. The summed E-state index contributed by atoms with van der Waals surface area (Å²) in [6.45, 7) is 0. The van der Waals surface area contributed by atoms with Gasteiger partial charge in [0.1, 0.15) is 0 Å². The second-order valence-electron chi connectivity index (χ2n) is 4.36. The van der Waals surface area contributed by atoms with Crippen molar-refractivity contribution in [1.82, 2.24) is 4.98 Å². The van der Waals surface area contributed by atoms with E-state index in [1.54, 1.807) is 0 Å². The highest BCUT2D eigenvalue weighted by Crippen LogP contribution is 2.29. The van der Waals surface area contributed by atoms with Crippen molar-refractivity contribution < 1.29 is 0 Å². The third kappa shape index (κ3) is 2.71. The Bertz CT molecular complexity index is 695. The maximum absolute atomic E-state index is 5.79. The monoisotopic (exact) mass is 266 g/mol. The molecule has 0 saturated heterocycles. The Morgan fingerprint density at radius 1 is 1.00 bits per heavy atom. The van der Waals surface area contributed by atoms with Crippen LogP contribution in [0.25, 0.3) is 10.9 Å². The molecule has 3 rings (SSSR count). The molecule has 0 aliphatic rings. The number of pyridine rings is 1. The third-order valence-corrected chi connectivity index (χ3v) is 4.11. The standard InChI is InChI=1S/C16H14N2S/c17-13-6-7-14-15(10-13)18-9-8-16(14)19-11-12-4-2-1-3-5-12/h1-10H,11,17H2. The van der Waals surface area contributed by atoms with E-state index in [1.165, 1.54) is 10.5 Å². The van der Waals surface area contributed by atoms with Crippen LogP contribution < -0.4 is 5.73 Å². The van der Waals surface area contributed by atoms with E-state index >= 15 is 0 Å². The number of benzene rings is 2. The van der Waals surface area contributed by atoms with Gasteiger partial charge in [-0.15, -0.1) is 11.8 Å². The topological polar surface area (TPSA) is 38.9 Å². The molecule has 94 valence electrons. The first-order valence-electron chi connectivity index (χ1n) is 6.14. The number of fused-ring (bicyclic) bond motifs is 1. The molecule has 0 atom stereocenters. The molecule has 0 unspecified atom stereocenters. The highest BCUT2D eigenvalue weighted by Gasteiger charge is 2.03. The molecule has 0 aliphatic heterocycles. The smallest absolute Gasteiger partial charge is 0.0733 e. The summed E-state index contributed by atoms with van der Waals surface area (Å²) in [5, 5.41) is 1.16. The first-order chi connectivity index (χ1) is 9.33. The van der Waals surface area contributed by atoms with Crippen LogP contribution in [-0.4, -0.2) is 4.98 Å². The fraction of sp³-hybridized carbons (Fsp3) is 0.0625. The van der Waals surface area contributed by atoms with Gasteiger partial charge >= 0.3 is 0 Å². The molecule has 1 heterocycles. The van der Waals surface area contributed by atoms with Crippen molar-refractivity contribution in [3.8, 4) is 0 Å². The quantitative estimate of drug-likeness (QED) is 0.573. The van der Waals surface area contributed by atoms with Gasteiger partial charge in [-0.25, -0.2) is 0 Å². The maximum Gasteiger partial charge on any atom is 0.0733 e. The fourth-order valence-electron chi connectivity index (χ4n) is 2.00. The molecule has 3 heteroatoms. The lowest BCUT2D eigenvalue weighted by Crippen LogP contribution is -1.87. The van der Waals surface area contributed by atoms with E-state index in [-0.39, 0.29) is 0 Å². The van der Waals surface area contributed by atoms with Crippen LogP contribution in [0.3, 0.4) is 0 Å². The van der Waals surface area contributed by atoms with E-state index in [4.69, 9.17) is 5.73 Å². The Morgan fingerprint density at radius 2 is 1.84 bits per heavy atom. The largest absolute Gasteiger partial charge is 0.399 e. The van der Waals surface area contributed by atoms with Crippen LogP contribution in [0.15, 0.2) is 65.7 Å². The molecular weight excluding hydrogens is 252 g/mol. The molecule has 0 spiro atoms. The van der Waals surface area contributed by atoms with Crippen LogP contribution in [0.4, 0.5) is 5.69 Å². The maximum atomic E-state index is 5.79. The Balaban J connectivity index is 1.89. The van der Waals surface area contributed by atoms with Crippen molar-refractivity contribution in [3.63, 3.8) is 0 Å². The zero-order chi connectivity index (χ0) is 13.1. The van der Waals surface area contributed by atoms with Gasteiger partial charge in [-0.05, 0) is 29.8 Å². The van der Waals surface area contributed by atoms with Crippen molar-refractivity contribution in [2.45, 2.75) is 10.6 Å². The van der Waals surface area contributed by atoms with E-state index in [1.807, 2.05) is 42.2 Å². The lowest BCUT2D eigenvalue weighted by molar-refractivity contribution is 1.34. The second-order valence-corrected chi connectivity index (χ2v) is 5.38. The molecule has 3 aromatic rings. The van der Waals surface area contributed by atoms with Gasteiger partial charge < -0.3 is 5.73 Å². The van der Waals surface area contributed by atoms with Gasteiger partial charge in [0.15, 0.2) is 0 Å². The minimum absolute atomic E-state index is 0.755. The molecule has 19 heavy (non-hydrogen) atoms. The Morgan fingerprint density at radius 3 is 2.68 bits per heavy atom. The van der Waals surface area contributed by atoms with Gasteiger partial charge in [0.2, 0.25) is 0 Å². The molecule has 2 nitrogen and oxygen atoms in total. The number of thioether (sulfide) groups is 1. The van der Waals surface area contributed by atoms with Crippen LogP contribution >= 0.6 is 11.8 Å². The average Bonchev–Trinajstić information content (AvgIpc) is 2.45. The van der Waals surface area contributed by atoms with Crippen LogP contribution in [0.5, 0.6) is 0 Å². The fourth-order valence-corrected chi connectivity index (χ4v) is 3.00. The van der Waals surface area contributed by atoms with Crippen molar-refractivity contribution in [3.05, 3.63) is 66.4 Å². The molecule has 0 bridgehead atoms. The minimum atomic E-state index is 0.755. The summed E-state index contributed by atoms with van der Waals surface area (Å²) in [5.41, 5.74) is 8.83. The summed E-state index contributed by atoms with van der Waals surface area (Å²) in [4.78, 5) is 5.61. The Labute approximate surface area is 116 Å². The van der Waals surface area contributed by atoms with Crippen LogP contribution in [0.2, 0.25) is 0 Å². The van der Waals surface area contributed by atoms with Gasteiger partial charge in [0, 0.05) is 27.9 Å². The average molecular weight is 266 g/mol. The summed E-state index contributed by atoms with van der Waals surface area (Å²) in [6, 6.07) is 18.4. The van der Waals surface area contributed by atoms with E-state index in [2.05, 4.69) is 35.3 Å². The van der Waals surface area contributed by atoms with E-state index in [0.717, 1.165) is 22.3 Å². The van der Waals surface area contributed by atoms with E-state index < -0.39 is 0 Å². The number of nitrogens with two attached hydrogens (primary N) is 1. The van der Waals surface area contributed by atoms with Crippen LogP contribution in [0.1, 0.15) is 5.56 Å². The van der Waals surface area contributed by atoms with E-state index in [9.17, 15) is 0 Å². The summed E-state index contributed by atoms with van der Waals surface area (Å²) < 4.78 is 0. The lowest BCUT2D eigenvalue weighted by Gasteiger charge is -2.06. The number of hydrogen-bond donors (Lipinski definition) is 1. The molecule has 2 N–H and O–H groups in total. The van der Waals surface area contributed by atoms with Gasteiger partial charge in [0.05, 0.1) is 5.52 Å². The van der Waals surface area contributed by atoms with Gasteiger partial charge in [-0.2, -0.15) is 0 Å². The number of hydrogen-bond acceptors (Lipinski definition) is 3. The number of anilines is 1. The summed E-state index contributed by atoms with van der Waals surface area (Å²) in [5.74, 6) is 0.963. The van der Waals surface area contributed by atoms with E-state index in [0.29, 0.717) is 0 Å². The predicted molar refractivity (Wildman–Crippen MR) is 82.2 cm³/mol. The third-order valence-electron chi connectivity index (χ3n) is 2.96. The molecule has 0 fully saturated rings. The molecule has 0 radical (unpaired) electrons. The number of nitrogen functional groups attached to an aromatic ring is 1. The van der Waals surface area contributed by atoms with Gasteiger partial charge in [0.25, 0.3) is 0 Å². The second kappa shape index (κ2) is 5.33. The van der Waals surface area contributed by atoms with Crippen molar-refractivity contribution >= 4 is 28.4 Å². The normalized spacial score (nSPS) is 10.7. The first kappa shape index (κ1) is 12.1. The minimum Gasteiger partial charge on any atom is -0.399 e. The van der Waals surface area contributed by atoms with Crippen LogP contribution in [-0.2, 0) is 5.75 Å². The molecule has 2 aromatic carbocycles. The van der Waals surface area contributed by atoms with Crippen LogP contribution in [0, 0.1) is 0 Å². The Hall–Kier alpha value is -2.00. The number of rotatable bonds is 3. The summed E-state index contributed by atoms with van der Waals surface area (Å²) >= 11 is 1.83. The highest BCUT2D eigenvalue weighted by molar-refractivity contribution is 7.98. The zero-order valence-corrected chi connectivity index (χ0v) is 11.2. The lowest BCUT2D eigenvalue weighted by atomic mass is 10.2. The SMILES string of the molecule is Nc1ccc2c(SCc3ccccc3)ccnc2c1. The first-order valence-corrected chi connectivity index (χ1v) is 7.12. The molecule has 1 aromatic heterocycles. The van der Waals surface area contributed by atoms with Crippen molar-refractivity contribution in [2.24, 2.45) is 0 Å². The van der Waals surface area contributed by atoms with Gasteiger partial charge in [-0.1, -0.05) is 30.3 Å². The van der Waals surface area contributed by atoms with Crippen molar-refractivity contribution in [1.29, 1.82) is 0 Å². The number of aromatic nitrogens is 1. The zero-order valence-electron chi connectivity index (χ0n) is 10.4. The molecule has 0 amide bonds. The summed E-state index contributed by atoms with van der Waals surface area (Å²) in [7, 11) is 0. The van der Waals surface area contributed by atoms with Crippen molar-refractivity contribution in [2.75, 3.05) is 5.73 Å². The summed E-state index contributed by atoms with van der Waals surface area (Å²) in [6.07, 6.45) is 1.84. The molecule has 0 saturated carbocycles. The predicted octanol–water partition coefficient (Wildman–Crippen LogP) is 4.11. The number of nitrogens with zero attached hydrogens (tertiary/aromatic N) is 1. The highest BCUT2D eigenvalue weighted by atomic mass is 32.2. The van der Waals surface area contributed by atoms with Gasteiger partial charge in [-0.3, -0.25) is 4.98 Å².